The Labute approximate surface area is 101 Å². The van der Waals surface area contributed by atoms with Gasteiger partial charge in [-0.1, -0.05) is 18.2 Å². The van der Waals surface area contributed by atoms with Crippen molar-refractivity contribution in [3.05, 3.63) is 41.6 Å². The van der Waals surface area contributed by atoms with Crippen LogP contribution in [-0.2, 0) is 22.0 Å². The molecule has 5 heteroatoms. The molecule has 4 nitrogen and oxygen atoms in total. The zero-order valence-electron chi connectivity index (χ0n) is 9.42. The quantitative estimate of drug-likeness (QED) is 0.839. The fourth-order valence-corrected chi connectivity index (χ4v) is 1.98. The molecule has 1 aromatic carbocycles. The first-order valence-electron chi connectivity index (χ1n) is 5.21. The second-order valence-electron chi connectivity index (χ2n) is 3.75. The molecule has 2 rings (SSSR count). The molecule has 0 atom stereocenters. The summed E-state index contributed by atoms with van der Waals surface area (Å²) >= 11 is 0. The lowest BCUT2D eigenvalue weighted by molar-refractivity contribution is 0.166. The first-order chi connectivity index (χ1) is 8.16. The van der Waals surface area contributed by atoms with Crippen LogP contribution in [0, 0.1) is 6.92 Å². The number of hydrogen-bond donors (Lipinski definition) is 1. The van der Waals surface area contributed by atoms with Crippen LogP contribution in [0.4, 0.5) is 0 Å². The third-order valence-electron chi connectivity index (χ3n) is 2.38. The molecule has 17 heavy (non-hydrogen) atoms. The fraction of sp³-hybridized carbons (Fsp3) is 0.250. The Morgan fingerprint density at radius 1 is 1.29 bits per heavy atom. The minimum atomic E-state index is -2.49. The summed E-state index contributed by atoms with van der Waals surface area (Å²) in [6.07, 6.45) is 0. The van der Waals surface area contributed by atoms with Crippen LogP contribution in [0.3, 0.4) is 0 Å². The second kappa shape index (κ2) is 5.25. The number of benzene rings is 1. The summed E-state index contributed by atoms with van der Waals surface area (Å²) in [4.78, 5) is 4.40. The zero-order chi connectivity index (χ0) is 12.3. The van der Waals surface area contributed by atoms with E-state index >= 15 is 0 Å². The van der Waals surface area contributed by atoms with Crippen LogP contribution in [0.25, 0.3) is 10.9 Å². The molecular formula is C12H13NO3S. The van der Waals surface area contributed by atoms with Crippen LogP contribution in [-0.4, -0.2) is 19.3 Å². The van der Waals surface area contributed by atoms with Gasteiger partial charge in [-0.2, -0.15) is 0 Å². The van der Waals surface area contributed by atoms with Crippen molar-refractivity contribution in [1.82, 2.24) is 4.98 Å². The van der Waals surface area contributed by atoms with Crippen LogP contribution in [0.5, 0.6) is 0 Å². The van der Waals surface area contributed by atoms with Crippen LogP contribution in [0.15, 0.2) is 30.3 Å². The van der Waals surface area contributed by atoms with Gasteiger partial charge in [0.05, 0.1) is 12.1 Å². The standard InChI is InChI=1S/C12H13NO3S/c1-9-6-10(7-16-8-17(14)15)11-4-2-3-5-12(11)13-9/h2-6,17H,7-8H2,1H3. The maximum absolute atomic E-state index is 10.4. The summed E-state index contributed by atoms with van der Waals surface area (Å²) in [7, 11) is -2.49. The van der Waals surface area contributed by atoms with E-state index in [4.69, 9.17) is 4.74 Å². The summed E-state index contributed by atoms with van der Waals surface area (Å²) < 4.78 is 26.0. The number of rotatable bonds is 4. The number of nitrogens with zero attached hydrogens (tertiary/aromatic N) is 1. The third-order valence-corrected chi connectivity index (χ3v) is 2.78. The Morgan fingerprint density at radius 3 is 2.82 bits per heavy atom. The molecule has 0 amide bonds. The topological polar surface area (TPSA) is 56.3 Å². The van der Waals surface area contributed by atoms with Gasteiger partial charge in [0.15, 0.2) is 10.7 Å². The molecule has 0 spiro atoms. The maximum atomic E-state index is 10.4. The van der Waals surface area contributed by atoms with Gasteiger partial charge < -0.3 is 4.74 Å². The number of aryl methyl sites for hydroxylation is 1. The predicted molar refractivity (Wildman–Crippen MR) is 66.5 cm³/mol. The molecule has 0 aliphatic heterocycles. The molecule has 0 fully saturated rings. The molecule has 2 aromatic rings. The molecule has 0 saturated heterocycles. The molecule has 0 N–H and O–H groups in total. The van der Waals surface area contributed by atoms with Gasteiger partial charge in [0.25, 0.3) is 0 Å². The first-order valence-corrected chi connectivity index (χ1v) is 6.58. The lowest BCUT2D eigenvalue weighted by atomic mass is 10.1. The Bertz CT molecular complexity index is 600. The molecule has 1 aromatic heterocycles. The normalized spacial score (nSPS) is 11.2. The van der Waals surface area contributed by atoms with Gasteiger partial charge in [-0.3, -0.25) is 4.98 Å². The van der Waals surface area contributed by atoms with E-state index in [2.05, 4.69) is 4.98 Å². The van der Waals surface area contributed by atoms with Crippen molar-refractivity contribution in [2.24, 2.45) is 0 Å². The summed E-state index contributed by atoms with van der Waals surface area (Å²) in [5, 5.41) is 0.999. The van der Waals surface area contributed by atoms with Crippen molar-refractivity contribution >= 4 is 21.6 Å². The van der Waals surface area contributed by atoms with Gasteiger partial charge in [0.2, 0.25) is 0 Å². The number of para-hydroxylation sites is 1. The molecular weight excluding hydrogens is 238 g/mol. The first kappa shape index (κ1) is 12.0. The van der Waals surface area contributed by atoms with E-state index in [0.717, 1.165) is 22.2 Å². The van der Waals surface area contributed by atoms with Crippen molar-refractivity contribution in [3.8, 4) is 0 Å². The minimum Gasteiger partial charge on any atom is -0.361 e. The lowest BCUT2D eigenvalue weighted by Gasteiger charge is -2.07. The van der Waals surface area contributed by atoms with Gasteiger partial charge in [-0.05, 0) is 24.6 Å². The number of fused-ring (bicyclic) bond motifs is 1. The summed E-state index contributed by atoms with van der Waals surface area (Å²) in [5.74, 6) is -0.245. The predicted octanol–water partition coefficient (Wildman–Crippen LogP) is 1.63. The Balaban J connectivity index is 2.32. The molecule has 0 radical (unpaired) electrons. The third kappa shape index (κ3) is 3.01. The van der Waals surface area contributed by atoms with Crippen molar-refractivity contribution in [3.63, 3.8) is 0 Å². The van der Waals surface area contributed by atoms with E-state index in [0.29, 0.717) is 0 Å². The SMILES string of the molecule is Cc1cc(COC[SH](=O)=O)c2ccccc2n1. The van der Waals surface area contributed by atoms with Crippen LogP contribution in [0.1, 0.15) is 11.3 Å². The van der Waals surface area contributed by atoms with Gasteiger partial charge >= 0.3 is 0 Å². The molecule has 90 valence electrons. The maximum Gasteiger partial charge on any atom is 0.164 e. The molecule has 1 heterocycles. The van der Waals surface area contributed by atoms with Gasteiger partial charge in [0.1, 0.15) is 5.94 Å². The van der Waals surface area contributed by atoms with E-state index < -0.39 is 10.7 Å². The van der Waals surface area contributed by atoms with Gasteiger partial charge in [-0.15, -0.1) is 0 Å². The highest BCUT2D eigenvalue weighted by atomic mass is 32.2. The number of aromatic nitrogens is 1. The number of ether oxygens (including phenoxy) is 1. The fourth-order valence-electron chi connectivity index (χ4n) is 1.74. The molecule has 0 aliphatic carbocycles. The molecule has 0 bridgehead atoms. The van der Waals surface area contributed by atoms with E-state index in [-0.39, 0.29) is 12.5 Å². The van der Waals surface area contributed by atoms with Crippen molar-refractivity contribution in [1.29, 1.82) is 0 Å². The highest BCUT2D eigenvalue weighted by Crippen LogP contribution is 2.18. The average molecular weight is 251 g/mol. The summed E-state index contributed by atoms with van der Waals surface area (Å²) in [6, 6.07) is 9.66. The molecule has 0 unspecified atom stereocenters. The van der Waals surface area contributed by atoms with Crippen molar-refractivity contribution < 1.29 is 13.2 Å². The van der Waals surface area contributed by atoms with E-state index in [9.17, 15) is 8.42 Å². The van der Waals surface area contributed by atoms with Crippen LogP contribution >= 0.6 is 0 Å². The van der Waals surface area contributed by atoms with Gasteiger partial charge in [-0.25, -0.2) is 8.42 Å². The van der Waals surface area contributed by atoms with Crippen LogP contribution in [0.2, 0.25) is 0 Å². The summed E-state index contributed by atoms with van der Waals surface area (Å²) in [5.41, 5.74) is 2.76. The van der Waals surface area contributed by atoms with Crippen molar-refractivity contribution in [2.75, 3.05) is 5.94 Å². The Morgan fingerprint density at radius 2 is 2.06 bits per heavy atom. The molecule has 0 saturated carbocycles. The average Bonchev–Trinajstić information content (AvgIpc) is 2.28. The highest BCUT2D eigenvalue weighted by molar-refractivity contribution is 7.72. The largest absolute Gasteiger partial charge is 0.361 e. The van der Waals surface area contributed by atoms with E-state index in [1.54, 1.807) is 0 Å². The number of pyridine rings is 1. The second-order valence-corrected chi connectivity index (χ2v) is 4.67. The highest BCUT2D eigenvalue weighted by Gasteiger charge is 2.03. The van der Waals surface area contributed by atoms with E-state index in [1.165, 1.54) is 0 Å². The smallest absolute Gasteiger partial charge is 0.164 e. The summed E-state index contributed by atoms with van der Waals surface area (Å²) in [6.45, 7) is 2.19. The number of thiol groups is 1. The Hall–Kier alpha value is -1.46. The monoisotopic (exact) mass is 251 g/mol. The minimum absolute atomic E-state index is 0.245. The number of hydrogen-bond acceptors (Lipinski definition) is 4. The van der Waals surface area contributed by atoms with Crippen LogP contribution < -0.4 is 0 Å². The van der Waals surface area contributed by atoms with Gasteiger partial charge in [0, 0.05) is 11.1 Å². The zero-order valence-corrected chi connectivity index (χ0v) is 10.3. The van der Waals surface area contributed by atoms with Crippen molar-refractivity contribution in [2.45, 2.75) is 13.5 Å². The Kier molecular flexibility index (Phi) is 3.71. The molecule has 0 aliphatic rings. The van der Waals surface area contributed by atoms with E-state index in [1.807, 2.05) is 37.3 Å². The lowest BCUT2D eigenvalue weighted by Crippen LogP contribution is -1.99.